The molecule has 5 nitrogen and oxygen atoms in total. The maximum absolute atomic E-state index is 11.1. The van der Waals surface area contributed by atoms with E-state index in [1.54, 1.807) is 13.8 Å². The highest BCUT2D eigenvalue weighted by Crippen LogP contribution is 1.97. The Kier molecular flexibility index (Phi) is 2.33. The highest BCUT2D eigenvalue weighted by molar-refractivity contribution is 5.03. The van der Waals surface area contributed by atoms with E-state index in [-0.39, 0.29) is 0 Å². The van der Waals surface area contributed by atoms with Crippen LogP contribution in [0.1, 0.15) is 18.5 Å². The van der Waals surface area contributed by atoms with Gasteiger partial charge in [-0.2, -0.15) is 5.26 Å². The van der Waals surface area contributed by atoms with Crippen molar-refractivity contribution in [1.29, 1.82) is 5.26 Å². The number of rotatable bonds is 1. The summed E-state index contributed by atoms with van der Waals surface area (Å²) in [4.78, 5) is 24.2. The first-order valence-corrected chi connectivity index (χ1v) is 3.78. The lowest BCUT2D eigenvalue weighted by atomic mass is 10.3. The average molecular weight is 179 g/mol. The van der Waals surface area contributed by atoms with Crippen LogP contribution >= 0.6 is 0 Å². The fourth-order valence-electron chi connectivity index (χ4n) is 0.936. The van der Waals surface area contributed by atoms with Gasteiger partial charge in [-0.1, -0.05) is 0 Å². The van der Waals surface area contributed by atoms with Gasteiger partial charge in [0.25, 0.3) is 5.56 Å². The summed E-state index contributed by atoms with van der Waals surface area (Å²) < 4.78 is 1.19. The third-order valence-electron chi connectivity index (χ3n) is 1.75. The summed E-state index contributed by atoms with van der Waals surface area (Å²) in [6.45, 7) is 3.16. The van der Waals surface area contributed by atoms with Crippen LogP contribution in [0.25, 0.3) is 0 Å². The fourth-order valence-corrected chi connectivity index (χ4v) is 0.936. The summed E-state index contributed by atoms with van der Waals surface area (Å²) in [5, 5.41) is 8.57. The second-order valence-corrected chi connectivity index (χ2v) is 2.78. The Bertz CT molecular complexity index is 464. The van der Waals surface area contributed by atoms with Gasteiger partial charge in [-0.15, -0.1) is 0 Å². The average Bonchev–Trinajstić information content (AvgIpc) is 2.10. The van der Waals surface area contributed by atoms with Crippen LogP contribution in [0.2, 0.25) is 0 Å². The van der Waals surface area contributed by atoms with Gasteiger partial charge in [0, 0.05) is 11.8 Å². The molecule has 1 atom stereocenters. The Morgan fingerprint density at radius 1 is 1.62 bits per heavy atom. The smallest absolute Gasteiger partial charge is 0.284 e. The van der Waals surface area contributed by atoms with E-state index in [4.69, 9.17) is 5.26 Å². The zero-order valence-corrected chi connectivity index (χ0v) is 7.37. The molecule has 0 aromatic carbocycles. The molecule has 0 bridgehead atoms. The molecule has 1 N–H and O–H groups in total. The van der Waals surface area contributed by atoms with Crippen molar-refractivity contribution in [1.82, 2.24) is 9.55 Å². The number of aromatic nitrogens is 2. The van der Waals surface area contributed by atoms with Crippen LogP contribution in [0.3, 0.4) is 0 Å². The van der Waals surface area contributed by atoms with Gasteiger partial charge < -0.3 is 0 Å². The number of aromatic amines is 1. The summed E-state index contributed by atoms with van der Waals surface area (Å²) in [5.41, 5.74) is -0.544. The lowest BCUT2D eigenvalue weighted by molar-refractivity contribution is 0.618. The molecular weight excluding hydrogens is 170 g/mol. The van der Waals surface area contributed by atoms with E-state index in [9.17, 15) is 9.59 Å². The predicted molar refractivity (Wildman–Crippen MR) is 46.4 cm³/mol. The van der Waals surface area contributed by atoms with Crippen molar-refractivity contribution in [3.63, 3.8) is 0 Å². The van der Waals surface area contributed by atoms with E-state index in [1.165, 1.54) is 10.8 Å². The second kappa shape index (κ2) is 3.27. The summed E-state index contributed by atoms with van der Waals surface area (Å²) in [6.07, 6.45) is 1.38. The lowest BCUT2D eigenvalue weighted by Gasteiger charge is -2.06. The van der Waals surface area contributed by atoms with Crippen molar-refractivity contribution in [3.05, 3.63) is 32.6 Å². The molecular formula is C8H9N3O2. The number of aryl methyl sites for hydroxylation is 1. The highest BCUT2D eigenvalue weighted by atomic mass is 16.2. The molecule has 0 radical (unpaired) electrons. The zero-order chi connectivity index (χ0) is 10.0. The van der Waals surface area contributed by atoms with Crippen LogP contribution in [0.4, 0.5) is 0 Å². The molecule has 0 amide bonds. The minimum absolute atomic E-state index is 0.411. The van der Waals surface area contributed by atoms with Crippen LogP contribution in [-0.4, -0.2) is 9.55 Å². The van der Waals surface area contributed by atoms with Crippen molar-refractivity contribution in [2.75, 3.05) is 0 Å². The third-order valence-corrected chi connectivity index (χ3v) is 1.75. The number of nitriles is 1. The summed E-state index contributed by atoms with van der Waals surface area (Å²) in [7, 11) is 0. The predicted octanol–water partition coefficient (Wildman–Crippen LogP) is -0.0704. The molecule has 13 heavy (non-hydrogen) atoms. The quantitative estimate of drug-likeness (QED) is 0.655. The van der Waals surface area contributed by atoms with E-state index >= 15 is 0 Å². The van der Waals surface area contributed by atoms with Crippen molar-refractivity contribution >= 4 is 0 Å². The Labute approximate surface area is 74.3 Å². The molecule has 1 aromatic rings. The Balaban J connectivity index is 3.43. The highest BCUT2D eigenvalue weighted by Gasteiger charge is 2.06. The summed E-state index contributed by atoms with van der Waals surface area (Å²) in [5.74, 6) is 0. The maximum atomic E-state index is 11.1. The van der Waals surface area contributed by atoms with E-state index in [0.717, 1.165) is 0 Å². The topological polar surface area (TPSA) is 78.7 Å². The molecule has 0 saturated heterocycles. The van der Waals surface area contributed by atoms with Crippen LogP contribution in [0, 0.1) is 18.3 Å². The summed E-state index contributed by atoms with van der Waals surface area (Å²) in [6, 6.07) is 1.34. The lowest BCUT2D eigenvalue weighted by Crippen LogP contribution is -2.32. The molecule has 1 unspecified atom stereocenters. The number of hydrogen-bond acceptors (Lipinski definition) is 3. The van der Waals surface area contributed by atoms with E-state index < -0.39 is 17.3 Å². The van der Waals surface area contributed by atoms with E-state index in [2.05, 4.69) is 4.98 Å². The minimum atomic E-state index is -0.567. The molecule has 0 aliphatic carbocycles. The SMILES string of the molecule is Cc1cn(C(C)C#N)c(=O)[nH]c1=O. The molecule has 0 saturated carbocycles. The van der Waals surface area contributed by atoms with Gasteiger partial charge in [-0.3, -0.25) is 14.3 Å². The molecule has 0 aliphatic heterocycles. The van der Waals surface area contributed by atoms with Gasteiger partial charge in [0.15, 0.2) is 0 Å². The van der Waals surface area contributed by atoms with Gasteiger partial charge in [0.2, 0.25) is 0 Å². The van der Waals surface area contributed by atoms with E-state index in [0.29, 0.717) is 5.56 Å². The maximum Gasteiger partial charge on any atom is 0.329 e. The fraction of sp³-hybridized carbons (Fsp3) is 0.375. The molecule has 5 heteroatoms. The standard InChI is InChI=1S/C8H9N3O2/c1-5-4-11(6(2)3-9)8(13)10-7(5)12/h4,6H,1-2H3,(H,10,12,13). The molecule has 1 aromatic heterocycles. The number of nitrogens with one attached hydrogen (secondary N) is 1. The third kappa shape index (κ3) is 1.67. The van der Waals surface area contributed by atoms with Gasteiger partial charge in [-0.05, 0) is 13.8 Å². The molecule has 0 fully saturated rings. The second-order valence-electron chi connectivity index (χ2n) is 2.78. The van der Waals surface area contributed by atoms with Crippen molar-refractivity contribution in [2.45, 2.75) is 19.9 Å². The zero-order valence-electron chi connectivity index (χ0n) is 7.37. The first kappa shape index (κ1) is 9.26. The normalized spacial score (nSPS) is 12.1. The van der Waals surface area contributed by atoms with E-state index in [1.807, 2.05) is 6.07 Å². The summed E-state index contributed by atoms with van der Waals surface area (Å²) >= 11 is 0. The van der Waals surface area contributed by atoms with Crippen molar-refractivity contribution < 1.29 is 0 Å². The molecule has 0 spiro atoms. The van der Waals surface area contributed by atoms with Crippen molar-refractivity contribution in [2.24, 2.45) is 0 Å². The Morgan fingerprint density at radius 3 is 2.77 bits per heavy atom. The van der Waals surface area contributed by atoms with Gasteiger partial charge in [-0.25, -0.2) is 4.79 Å². The molecule has 1 rings (SSSR count). The largest absolute Gasteiger partial charge is 0.329 e. The first-order chi connectivity index (χ1) is 6.06. The van der Waals surface area contributed by atoms with Gasteiger partial charge in [0.05, 0.1) is 6.07 Å². The first-order valence-electron chi connectivity index (χ1n) is 3.78. The molecule has 68 valence electrons. The number of H-pyrrole nitrogens is 1. The monoisotopic (exact) mass is 179 g/mol. The Morgan fingerprint density at radius 2 is 2.23 bits per heavy atom. The van der Waals surface area contributed by atoms with Crippen LogP contribution < -0.4 is 11.2 Å². The van der Waals surface area contributed by atoms with Gasteiger partial charge in [0.1, 0.15) is 6.04 Å². The Hall–Kier alpha value is -1.83. The molecule has 0 aliphatic rings. The van der Waals surface area contributed by atoms with Crippen LogP contribution in [-0.2, 0) is 0 Å². The number of nitrogens with zero attached hydrogens (tertiary/aromatic N) is 2. The number of hydrogen-bond donors (Lipinski definition) is 1. The molecule has 1 heterocycles. The van der Waals surface area contributed by atoms with Gasteiger partial charge >= 0.3 is 5.69 Å². The minimum Gasteiger partial charge on any atom is -0.284 e. The van der Waals surface area contributed by atoms with Crippen molar-refractivity contribution in [3.8, 4) is 6.07 Å². The van der Waals surface area contributed by atoms with Crippen LogP contribution in [0.5, 0.6) is 0 Å². The van der Waals surface area contributed by atoms with Crippen LogP contribution in [0.15, 0.2) is 15.8 Å².